The largest absolute Gasteiger partial charge is 0.324 e. The van der Waals surface area contributed by atoms with E-state index in [1.54, 1.807) is 18.2 Å². The van der Waals surface area contributed by atoms with Gasteiger partial charge in [0.15, 0.2) is 0 Å². The number of nitrogens with zero attached hydrogens (tertiary/aromatic N) is 1. The number of amides is 2. The molecule has 0 atom stereocenters. The van der Waals surface area contributed by atoms with E-state index in [1.165, 1.54) is 11.8 Å². The number of para-hydroxylation sites is 1. The Balaban J connectivity index is 2.29. The Morgan fingerprint density at radius 3 is 2.27 bits per heavy atom. The standard InChI is InChI=1S/C20H22Cl2N2O2/c1-12(2)18-7-5-6-13(3)20(18)24(14(4)25)11-19(26)23-17-9-15(21)8-16(22)10-17/h5-10,12H,11H2,1-4H3,(H,23,26). The summed E-state index contributed by atoms with van der Waals surface area (Å²) >= 11 is 11.9. The highest BCUT2D eigenvalue weighted by Crippen LogP contribution is 2.31. The average molecular weight is 393 g/mol. The van der Waals surface area contributed by atoms with Crippen LogP contribution in [0.1, 0.15) is 37.8 Å². The fourth-order valence-corrected chi connectivity index (χ4v) is 3.36. The molecule has 2 amide bonds. The van der Waals surface area contributed by atoms with Gasteiger partial charge in [0.05, 0.1) is 5.69 Å². The van der Waals surface area contributed by atoms with E-state index in [1.807, 2.05) is 25.1 Å². The molecule has 0 aromatic heterocycles. The Hall–Kier alpha value is -2.04. The fraction of sp³-hybridized carbons (Fsp3) is 0.300. The SMILES string of the molecule is CC(=O)N(CC(=O)Nc1cc(Cl)cc(Cl)c1)c1c(C)cccc1C(C)C. The van der Waals surface area contributed by atoms with Gasteiger partial charge in [-0.3, -0.25) is 9.59 Å². The van der Waals surface area contributed by atoms with E-state index >= 15 is 0 Å². The van der Waals surface area contributed by atoms with Crippen LogP contribution in [0, 0.1) is 6.92 Å². The van der Waals surface area contributed by atoms with Gasteiger partial charge >= 0.3 is 0 Å². The minimum Gasteiger partial charge on any atom is -0.324 e. The summed E-state index contributed by atoms with van der Waals surface area (Å²) in [6.45, 7) is 7.42. The zero-order valence-corrected chi connectivity index (χ0v) is 16.8. The van der Waals surface area contributed by atoms with Crippen molar-refractivity contribution in [1.29, 1.82) is 0 Å². The third-order valence-electron chi connectivity index (χ3n) is 3.99. The van der Waals surface area contributed by atoms with Crippen molar-refractivity contribution >= 4 is 46.4 Å². The number of anilines is 2. The quantitative estimate of drug-likeness (QED) is 0.738. The van der Waals surface area contributed by atoms with Gasteiger partial charge in [0.2, 0.25) is 11.8 Å². The van der Waals surface area contributed by atoms with Crippen LogP contribution in [0.3, 0.4) is 0 Å². The number of aryl methyl sites for hydroxylation is 1. The number of carbonyl (C=O) groups excluding carboxylic acids is 2. The van der Waals surface area contributed by atoms with Crippen molar-refractivity contribution in [3.8, 4) is 0 Å². The number of halogens is 2. The molecular weight excluding hydrogens is 371 g/mol. The second kappa shape index (κ2) is 8.56. The minimum atomic E-state index is -0.323. The average Bonchev–Trinajstić information content (AvgIpc) is 2.51. The lowest BCUT2D eigenvalue weighted by Gasteiger charge is -2.27. The summed E-state index contributed by atoms with van der Waals surface area (Å²) in [4.78, 5) is 26.3. The van der Waals surface area contributed by atoms with Gasteiger partial charge in [-0.15, -0.1) is 0 Å². The highest BCUT2D eigenvalue weighted by molar-refractivity contribution is 6.35. The number of nitrogens with one attached hydrogen (secondary N) is 1. The second-order valence-electron chi connectivity index (χ2n) is 6.48. The van der Waals surface area contributed by atoms with Gasteiger partial charge < -0.3 is 10.2 Å². The van der Waals surface area contributed by atoms with E-state index in [4.69, 9.17) is 23.2 Å². The van der Waals surface area contributed by atoms with E-state index < -0.39 is 0 Å². The maximum absolute atomic E-state index is 12.5. The summed E-state index contributed by atoms with van der Waals surface area (Å²) in [6, 6.07) is 10.7. The number of carbonyl (C=O) groups is 2. The maximum atomic E-state index is 12.5. The first-order valence-electron chi connectivity index (χ1n) is 8.32. The van der Waals surface area contributed by atoms with Crippen LogP contribution in [-0.2, 0) is 9.59 Å². The van der Waals surface area contributed by atoms with Gasteiger partial charge in [-0.2, -0.15) is 0 Å². The summed E-state index contributed by atoms with van der Waals surface area (Å²) in [5.41, 5.74) is 3.25. The molecule has 138 valence electrons. The van der Waals surface area contributed by atoms with Crippen LogP contribution in [-0.4, -0.2) is 18.4 Å². The first-order chi connectivity index (χ1) is 12.2. The molecule has 2 aromatic carbocycles. The van der Waals surface area contributed by atoms with Crippen molar-refractivity contribution < 1.29 is 9.59 Å². The molecule has 0 spiro atoms. The molecular formula is C20H22Cl2N2O2. The van der Waals surface area contributed by atoms with Crippen LogP contribution >= 0.6 is 23.2 Å². The maximum Gasteiger partial charge on any atom is 0.244 e. The Bertz CT molecular complexity index is 814. The first kappa shape index (κ1) is 20.3. The molecule has 0 aliphatic rings. The van der Waals surface area contributed by atoms with Crippen molar-refractivity contribution in [3.05, 3.63) is 57.6 Å². The van der Waals surface area contributed by atoms with Crippen molar-refractivity contribution in [1.82, 2.24) is 0 Å². The van der Waals surface area contributed by atoms with Gasteiger partial charge in [0.1, 0.15) is 6.54 Å². The van der Waals surface area contributed by atoms with Crippen molar-refractivity contribution in [2.45, 2.75) is 33.6 Å². The lowest BCUT2D eigenvalue weighted by molar-refractivity contribution is -0.120. The van der Waals surface area contributed by atoms with Crippen LogP contribution in [0.4, 0.5) is 11.4 Å². The minimum absolute atomic E-state index is 0.0932. The predicted molar refractivity (Wildman–Crippen MR) is 108 cm³/mol. The van der Waals surface area contributed by atoms with Gasteiger partial charge in [0, 0.05) is 22.7 Å². The Labute approximate surface area is 164 Å². The molecule has 4 nitrogen and oxygen atoms in total. The molecule has 0 saturated heterocycles. The van der Waals surface area contributed by atoms with Crippen LogP contribution in [0.25, 0.3) is 0 Å². The molecule has 0 aliphatic heterocycles. The topological polar surface area (TPSA) is 49.4 Å². The summed E-state index contributed by atoms with van der Waals surface area (Å²) in [7, 11) is 0. The van der Waals surface area contributed by atoms with Gasteiger partial charge in [0.25, 0.3) is 0 Å². The molecule has 2 rings (SSSR count). The highest BCUT2D eigenvalue weighted by atomic mass is 35.5. The van der Waals surface area contributed by atoms with E-state index in [9.17, 15) is 9.59 Å². The van der Waals surface area contributed by atoms with Crippen molar-refractivity contribution in [2.24, 2.45) is 0 Å². The van der Waals surface area contributed by atoms with Gasteiger partial charge in [-0.25, -0.2) is 0 Å². The van der Waals surface area contributed by atoms with Gasteiger partial charge in [-0.05, 0) is 42.2 Å². The summed E-state index contributed by atoms with van der Waals surface area (Å²) in [5.74, 6) is -0.293. The lowest BCUT2D eigenvalue weighted by atomic mass is 9.97. The third-order valence-corrected chi connectivity index (χ3v) is 4.43. The fourth-order valence-electron chi connectivity index (χ4n) is 2.83. The molecule has 0 heterocycles. The Morgan fingerprint density at radius 2 is 1.73 bits per heavy atom. The summed E-state index contributed by atoms with van der Waals surface area (Å²) < 4.78 is 0. The molecule has 0 unspecified atom stereocenters. The Morgan fingerprint density at radius 1 is 1.12 bits per heavy atom. The number of hydrogen-bond donors (Lipinski definition) is 1. The first-order valence-corrected chi connectivity index (χ1v) is 9.08. The van der Waals surface area contributed by atoms with E-state index in [2.05, 4.69) is 19.2 Å². The molecule has 1 N–H and O–H groups in total. The van der Waals surface area contributed by atoms with E-state index in [0.29, 0.717) is 15.7 Å². The molecule has 0 radical (unpaired) electrons. The smallest absolute Gasteiger partial charge is 0.244 e. The zero-order valence-electron chi connectivity index (χ0n) is 15.3. The molecule has 6 heteroatoms. The summed E-state index contributed by atoms with van der Waals surface area (Å²) in [6.07, 6.45) is 0. The molecule has 0 aliphatic carbocycles. The summed E-state index contributed by atoms with van der Waals surface area (Å²) in [5, 5.41) is 3.60. The van der Waals surface area contributed by atoms with E-state index in [-0.39, 0.29) is 24.3 Å². The third kappa shape index (κ3) is 4.99. The Kier molecular flexibility index (Phi) is 6.68. The van der Waals surface area contributed by atoms with Crippen LogP contribution in [0.15, 0.2) is 36.4 Å². The predicted octanol–water partition coefficient (Wildman–Crippen LogP) is 5.42. The molecule has 0 fully saturated rings. The van der Waals surface area contributed by atoms with E-state index in [0.717, 1.165) is 16.8 Å². The number of hydrogen-bond acceptors (Lipinski definition) is 2. The second-order valence-corrected chi connectivity index (χ2v) is 7.35. The van der Waals surface area contributed by atoms with Crippen LogP contribution in [0.2, 0.25) is 10.0 Å². The zero-order chi connectivity index (χ0) is 19.4. The van der Waals surface area contributed by atoms with Crippen molar-refractivity contribution in [2.75, 3.05) is 16.8 Å². The molecule has 0 saturated carbocycles. The van der Waals surface area contributed by atoms with Crippen LogP contribution in [0.5, 0.6) is 0 Å². The highest BCUT2D eigenvalue weighted by Gasteiger charge is 2.22. The molecule has 0 bridgehead atoms. The number of benzene rings is 2. The lowest BCUT2D eigenvalue weighted by Crippen LogP contribution is -2.37. The van der Waals surface area contributed by atoms with Crippen LogP contribution < -0.4 is 10.2 Å². The molecule has 26 heavy (non-hydrogen) atoms. The van der Waals surface area contributed by atoms with Crippen molar-refractivity contribution in [3.63, 3.8) is 0 Å². The van der Waals surface area contributed by atoms with Gasteiger partial charge in [-0.1, -0.05) is 55.2 Å². The number of rotatable bonds is 5. The molecule has 2 aromatic rings. The monoisotopic (exact) mass is 392 g/mol. The normalized spacial score (nSPS) is 10.7.